The second kappa shape index (κ2) is 5.18. The molecule has 4 nitrogen and oxygen atoms in total. The Morgan fingerprint density at radius 3 is 2.71 bits per heavy atom. The van der Waals surface area contributed by atoms with E-state index in [2.05, 4.69) is 10.3 Å². The van der Waals surface area contributed by atoms with Gasteiger partial charge in [-0.1, -0.05) is 29.5 Å². The van der Waals surface area contributed by atoms with Crippen LogP contribution in [0.3, 0.4) is 0 Å². The topological polar surface area (TPSA) is 68.0 Å². The van der Waals surface area contributed by atoms with Gasteiger partial charge < -0.3 is 11.1 Å². The molecule has 0 aliphatic rings. The zero-order chi connectivity index (χ0) is 15.0. The average molecular weight is 297 g/mol. The van der Waals surface area contributed by atoms with Crippen LogP contribution in [0.1, 0.15) is 21.5 Å². The molecule has 0 unspecified atom stereocenters. The fourth-order valence-electron chi connectivity index (χ4n) is 2.31. The molecule has 0 saturated carbocycles. The molecule has 1 aromatic heterocycles. The Balaban J connectivity index is 1.95. The molecule has 0 aliphatic heterocycles. The van der Waals surface area contributed by atoms with Crippen molar-refractivity contribution >= 4 is 38.3 Å². The predicted octanol–water partition coefficient (Wildman–Crippen LogP) is 3.75. The molecule has 21 heavy (non-hydrogen) atoms. The van der Waals surface area contributed by atoms with E-state index in [1.165, 1.54) is 11.3 Å². The van der Waals surface area contributed by atoms with Crippen LogP contribution >= 0.6 is 11.3 Å². The molecule has 3 rings (SSSR count). The predicted molar refractivity (Wildman–Crippen MR) is 87.9 cm³/mol. The number of anilines is 2. The van der Waals surface area contributed by atoms with E-state index in [-0.39, 0.29) is 5.91 Å². The molecule has 0 bridgehead atoms. The fourth-order valence-corrected chi connectivity index (χ4v) is 3.16. The van der Waals surface area contributed by atoms with Crippen LogP contribution in [0.5, 0.6) is 0 Å². The SMILES string of the molecule is Cc1ccccc1C(=O)Nc1cc(C)c2nc(N)sc2c1. The number of hydrogen-bond donors (Lipinski definition) is 2. The molecule has 106 valence electrons. The minimum atomic E-state index is -0.107. The van der Waals surface area contributed by atoms with Gasteiger partial charge in [0.25, 0.3) is 5.91 Å². The Labute approximate surface area is 126 Å². The van der Waals surface area contributed by atoms with Crippen molar-refractivity contribution in [2.75, 3.05) is 11.1 Å². The maximum absolute atomic E-state index is 12.3. The zero-order valence-electron chi connectivity index (χ0n) is 11.8. The lowest BCUT2D eigenvalue weighted by Gasteiger charge is -2.08. The molecule has 0 fully saturated rings. The van der Waals surface area contributed by atoms with E-state index >= 15 is 0 Å². The van der Waals surface area contributed by atoms with Crippen LogP contribution in [0.4, 0.5) is 10.8 Å². The lowest BCUT2D eigenvalue weighted by Crippen LogP contribution is -2.13. The van der Waals surface area contributed by atoms with Crippen molar-refractivity contribution < 1.29 is 4.79 Å². The molecule has 0 radical (unpaired) electrons. The van der Waals surface area contributed by atoms with Crippen LogP contribution in [0.2, 0.25) is 0 Å². The number of fused-ring (bicyclic) bond motifs is 1. The second-order valence-corrected chi connectivity index (χ2v) is 6.02. The summed E-state index contributed by atoms with van der Waals surface area (Å²) in [5.41, 5.74) is 10.0. The van der Waals surface area contributed by atoms with E-state index < -0.39 is 0 Å². The summed E-state index contributed by atoms with van der Waals surface area (Å²) in [5.74, 6) is -0.107. The summed E-state index contributed by atoms with van der Waals surface area (Å²) >= 11 is 1.42. The van der Waals surface area contributed by atoms with Crippen molar-refractivity contribution in [3.63, 3.8) is 0 Å². The van der Waals surface area contributed by atoms with Gasteiger partial charge in [0.15, 0.2) is 5.13 Å². The molecule has 0 saturated heterocycles. The van der Waals surface area contributed by atoms with Crippen LogP contribution < -0.4 is 11.1 Å². The number of rotatable bonds is 2. The molecule has 1 heterocycles. The highest BCUT2D eigenvalue weighted by atomic mass is 32.1. The van der Waals surface area contributed by atoms with E-state index in [0.29, 0.717) is 10.7 Å². The van der Waals surface area contributed by atoms with Gasteiger partial charge in [0.2, 0.25) is 0 Å². The molecular formula is C16H15N3OS. The normalized spacial score (nSPS) is 10.8. The molecule has 2 aromatic carbocycles. The fraction of sp³-hybridized carbons (Fsp3) is 0.125. The van der Waals surface area contributed by atoms with Crippen molar-refractivity contribution in [1.82, 2.24) is 4.98 Å². The summed E-state index contributed by atoms with van der Waals surface area (Å²) in [4.78, 5) is 16.6. The molecule has 0 spiro atoms. The number of aryl methyl sites for hydroxylation is 2. The van der Waals surface area contributed by atoms with E-state index in [9.17, 15) is 4.79 Å². The molecule has 0 atom stereocenters. The maximum Gasteiger partial charge on any atom is 0.255 e. The van der Waals surface area contributed by atoms with Gasteiger partial charge >= 0.3 is 0 Å². The minimum absolute atomic E-state index is 0.107. The van der Waals surface area contributed by atoms with Gasteiger partial charge in [-0.25, -0.2) is 4.98 Å². The summed E-state index contributed by atoms with van der Waals surface area (Å²) in [6.07, 6.45) is 0. The number of nitrogens with one attached hydrogen (secondary N) is 1. The summed E-state index contributed by atoms with van der Waals surface area (Å²) < 4.78 is 0.979. The number of nitrogen functional groups attached to an aromatic ring is 1. The highest BCUT2D eigenvalue weighted by Gasteiger charge is 2.11. The minimum Gasteiger partial charge on any atom is -0.375 e. The number of hydrogen-bond acceptors (Lipinski definition) is 4. The van der Waals surface area contributed by atoms with Crippen molar-refractivity contribution in [1.29, 1.82) is 0 Å². The van der Waals surface area contributed by atoms with Gasteiger partial charge in [0.1, 0.15) is 0 Å². The zero-order valence-corrected chi connectivity index (χ0v) is 12.6. The monoisotopic (exact) mass is 297 g/mol. The second-order valence-electron chi connectivity index (χ2n) is 4.96. The standard InChI is InChI=1S/C16H15N3OS/c1-9-5-3-4-6-12(9)15(20)18-11-7-10(2)14-13(8-11)21-16(17)19-14/h3-8H,1-2H3,(H2,17,19)(H,18,20). The van der Waals surface area contributed by atoms with E-state index in [1.807, 2.05) is 50.2 Å². The molecular weight excluding hydrogens is 282 g/mol. The molecule has 3 N–H and O–H groups in total. The Hall–Kier alpha value is -2.40. The first-order valence-electron chi connectivity index (χ1n) is 6.58. The first-order chi connectivity index (χ1) is 10.0. The van der Waals surface area contributed by atoms with Crippen LogP contribution in [0.15, 0.2) is 36.4 Å². The third-order valence-corrected chi connectivity index (χ3v) is 4.18. The number of carbonyl (C=O) groups excluding carboxylic acids is 1. The van der Waals surface area contributed by atoms with Crippen LogP contribution in [-0.2, 0) is 0 Å². The van der Waals surface area contributed by atoms with Gasteiger partial charge in [0, 0.05) is 11.3 Å². The quantitative estimate of drug-likeness (QED) is 0.757. The summed E-state index contributed by atoms with van der Waals surface area (Å²) in [7, 11) is 0. The van der Waals surface area contributed by atoms with Gasteiger partial charge in [-0.3, -0.25) is 4.79 Å². The van der Waals surface area contributed by atoms with Crippen LogP contribution in [0, 0.1) is 13.8 Å². The first kappa shape index (κ1) is 13.6. The molecule has 5 heteroatoms. The van der Waals surface area contributed by atoms with Gasteiger partial charge in [0.05, 0.1) is 10.2 Å². The Morgan fingerprint density at radius 1 is 1.19 bits per heavy atom. The number of nitrogens with zero attached hydrogens (tertiary/aromatic N) is 1. The lowest BCUT2D eigenvalue weighted by atomic mass is 10.1. The number of amides is 1. The molecule has 0 aliphatic carbocycles. The number of nitrogens with two attached hydrogens (primary N) is 1. The molecule has 3 aromatic rings. The first-order valence-corrected chi connectivity index (χ1v) is 7.40. The average Bonchev–Trinajstić information content (AvgIpc) is 2.80. The van der Waals surface area contributed by atoms with Crippen LogP contribution in [-0.4, -0.2) is 10.9 Å². The lowest BCUT2D eigenvalue weighted by molar-refractivity contribution is 0.102. The molecule has 1 amide bonds. The van der Waals surface area contributed by atoms with E-state index in [4.69, 9.17) is 5.73 Å². The van der Waals surface area contributed by atoms with Crippen molar-refractivity contribution in [3.8, 4) is 0 Å². The van der Waals surface area contributed by atoms with Crippen molar-refractivity contribution in [3.05, 3.63) is 53.1 Å². The van der Waals surface area contributed by atoms with E-state index in [0.717, 1.165) is 27.0 Å². The number of carbonyl (C=O) groups is 1. The maximum atomic E-state index is 12.3. The van der Waals surface area contributed by atoms with Crippen molar-refractivity contribution in [2.24, 2.45) is 0 Å². The van der Waals surface area contributed by atoms with Gasteiger partial charge in [-0.2, -0.15) is 0 Å². The van der Waals surface area contributed by atoms with Crippen molar-refractivity contribution in [2.45, 2.75) is 13.8 Å². The van der Waals surface area contributed by atoms with Gasteiger partial charge in [-0.05, 0) is 43.2 Å². The largest absolute Gasteiger partial charge is 0.375 e. The summed E-state index contributed by atoms with van der Waals surface area (Å²) in [5, 5.41) is 3.48. The Kier molecular flexibility index (Phi) is 3.35. The smallest absolute Gasteiger partial charge is 0.255 e. The third-order valence-electron chi connectivity index (χ3n) is 3.35. The summed E-state index contributed by atoms with van der Waals surface area (Å²) in [6, 6.07) is 11.3. The Morgan fingerprint density at radius 2 is 1.95 bits per heavy atom. The number of aromatic nitrogens is 1. The number of thiazole rings is 1. The summed E-state index contributed by atoms with van der Waals surface area (Å²) in [6.45, 7) is 3.89. The highest BCUT2D eigenvalue weighted by Crippen LogP contribution is 2.29. The van der Waals surface area contributed by atoms with Crippen LogP contribution in [0.25, 0.3) is 10.2 Å². The highest BCUT2D eigenvalue weighted by molar-refractivity contribution is 7.22. The van der Waals surface area contributed by atoms with Gasteiger partial charge in [-0.15, -0.1) is 0 Å². The Bertz CT molecular complexity index is 839. The number of benzene rings is 2. The van der Waals surface area contributed by atoms with E-state index in [1.54, 1.807) is 0 Å². The third kappa shape index (κ3) is 2.60.